The van der Waals surface area contributed by atoms with Gasteiger partial charge in [-0.2, -0.15) is 0 Å². The van der Waals surface area contributed by atoms with Crippen molar-refractivity contribution in [3.63, 3.8) is 0 Å². The van der Waals surface area contributed by atoms with Crippen LogP contribution in [0.4, 0.5) is 17.1 Å². The van der Waals surface area contributed by atoms with Gasteiger partial charge in [0.05, 0.1) is 4.92 Å². The Hall–Kier alpha value is -2.89. The first-order valence-corrected chi connectivity index (χ1v) is 7.34. The maximum atomic E-state index is 12.5. The van der Waals surface area contributed by atoms with E-state index < -0.39 is 4.92 Å². The fraction of sp³-hybridized carbons (Fsp3) is 0.235. The Labute approximate surface area is 134 Å². The van der Waals surface area contributed by atoms with E-state index in [1.165, 1.54) is 12.1 Å². The van der Waals surface area contributed by atoms with Crippen LogP contribution in [0.2, 0.25) is 0 Å². The first-order chi connectivity index (χ1) is 11.0. The fourth-order valence-corrected chi connectivity index (χ4v) is 2.42. The second kappa shape index (κ2) is 6.91. The van der Waals surface area contributed by atoms with Crippen LogP contribution in [0.3, 0.4) is 0 Å². The largest absolute Gasteiger partial charge is 0.383 e. The summed E-state index contributed by atoms with van der Waals surface area (Å²) in [6, 6.07) is 10.2. The Kier molecular flexibility index (Phi) is 4.95. The Balaban J connectivity index is 2.35. The number of para-hydroxylation sites is 1. The lowest BCUT2D eigenvalue weighted by Crippen LogP contribution is -2.14. The molecule has 0 aliphatic rings. The molecule has 0 atom stereocenters. The molecular weight excluding hydrogens is 294 g/mol. The molecule has 0 radical (unpaired) electrons. The summed E-state index contributed by atoms with van der Waals surface area (Å²) in [5, 5.41) is 16.7. The molecule has 0 spiro atoms. The lowest BCUT2D eigenvalue weighted by atomic mass is 10.1. The number of nitrogens with one attached hydrogen (secondary N) is 2. The number of benzene rings is 2. The number of carbonyl (C=O) groups is 1. The number of nitrogens with zero attached hydrogens (tertiary/aromatic N) is 1. The van der Waals surface area contributed by atoms with Gasteiger partial charge in [0.1, 0.15) is 5.69 Å². The molecule has 0 aromatic heterocycles. The molecule has 0 heterocycles. The third-order valence-electron chi connectivity index (χ3n) is 3.70. The number of hydrogen-bond acceptors (Lipinski definition) is 4. The molecule has 6 nitrogen and oxygen atoms in total. The normalized spacial score (nSPS) is 10.2. The van der Waals surface area contributed by atoms with E-state index in [1.807, 2.05) is 32.0 Å². The van der Waals surface area contributed by atoms with Crippen LogP contribution in [0, 0.1) is 17.0 Å². The highest BCUT2D eigenvalue weighted by atomic mass is 16.6. The van der Waals surface area contributed by atoms with Gasteiger partial charge in [-0.05, 0) is 36.6 Å². The zero-order valence-electron chi connectivity index (χ0n) is 13.3. The molecule has 0 aliphatic carbocycles. The molecular formula is C17H19N3O3. The highest BCUT2D eigenvalue weighted by Gasteiger charge is 2.17. The van der Waals surface area contributed by atoms with Crippen LogP contribution in [-0.2, 0) is 6.42 Å². The number of amides is 1. The first kappa shape index (κ1) is 16.5. The van der Waals surface area contributed by atoms with Crippen molar-refractivity contribution in [1.82, 2.24) is 0 Å². The Morgan fingerprint density at radius 3 is 2.61 bits per heavy atom. The van der Waals surface area contributed by atoms with Gasteiger partial charge >= 0.3 is 0 Å². The van der Waals surface area contributed by atoms with Gasteiger partial charge < -0.3 is 10.6 Å². The second-order valence-electron chi connectivity index (χ2n) is 5.16. The van der Waals surface area contributed by atoms with Crippen LogP contribution in [0.1, 0.15) is 28.4 Å². The zero-order chi connectivity index (χ0) is 17.0. The molecule has 0 aliphatic heterocycles. The van der Waals surface area contributed by atoms with E-state index in [0.29, 0.717) is 5.69 Å². The molecule has 2 N–H and O–H groups in total. The summed E-state index contributed by atoms with van der Waals surface area (Å²) in [4.78, 5) is 23.1. The van der Waals surface area contributed by atoms with E-state index in [-0.39, 0.29) is 17.2 Å². The first-order valence-electron chi connectivity index (χ1n) is 7.34. The average molecular weight is 313 g/mol. The maximum Gasteiger partial charge on any atom is 0.293 e. The summed E-state index contributed by atoms with van der Waals surface area (Å²) in [6.07, 6.45) is 0.788. The number of nitro benzene ring substituents is 1. The fourth-order valence-electron chi connectivity index (χ4n) is 2.42. The summed E-state index contributed by atoms with van der Waals surface area (Å²) in [7, 11) is 1.60. The van der Waals surface area contributed by atoms with Crippen molar-refractivity contribution in [2.75, 3.05) is 17.7 Å². The quantitative estimate of drug-likeness (QED) is 0.650. The number of rotatable bonds is 5. The smallest absolute Gasteiger partial charge is 0.293 e. The SMILES string of the molecule is CCc1cccc(C)c1NC(=O)c1ccc(NC)c([N+](=O)[O-])c1. The Morgan fingerprint density at radius 2 is 2.00 bits per heavy atom. The lowest BCUT2D eigenvalue weighted by molar-refractivity contribution is -0.384. The molecule has 0 fully saturated rings. The van der Waals surface area contributed by atoms with Crippen LogP contribution in [0.15, 0.2) is 36.4 Å². The third kappa shape index (κ3) is 3.48. The minimum absolute atomic E-state index is 0.124. The number of anilines is 2. The number of nitro groups is 1. The third-order valence-corrected chi connectivity index (χ3v) is 3.70. The predicted molar refractivity (Wildman–Crippen MR) is 91.2 cm³/mol. The summed E-state index contributed by atoms with van der Waals surface area (Å²) < 4.78 is 0. The van der Waals surface area contributed by atoms with Gasteiger partial charge in [-0.15, -0.1) is 0 Å². The summed E-state index contributed by atoms with van der Waals surface area (Å²) in [5.41, 5.74) is 3.25. The lowest BCUT2D eigenvalue weighted by Gasteiger charge is -2.13. The molecule has 2 aromatic rings. The number of aryl methyl sites for hydroxylation is 2. The molecule has 23 heavy (non-hydrogen) atoms. The molecule has 1 amide bonds. The van der Waals surface area contributed by atoms with E-state index in [9.17, 15) is 14.9 Å². The van der Waals surface area contributed by atoms with Gasteiger partial charge in [-0.1, -0.05) is 25.1 Å². The second-order valence-corrected chi connectivity index (χ2v) is 5.16. The average Bonchev–Trinajstić information content (AvgIpc) is 2.55. The Morgan fingerprint density at radius 1 is 1.26 bits per heavy atom. The van der Waals surface area contributed by atoms with Crippen molar-refractivity contribution in [2.24, 2.45) is 0 Å². The van der Waals surface area contributed by atoms with E-state index in [4.69, 9.17) is 0 Å². The van der Waals surface area contributed by atoms with Crippen LogP contribution in [0.5, 0.6) is 0 Å². The van der Waals surface area contributed by atoms with Gasteiger partial charge in [0.25, 0.3) is 11.6 Å². The predicted octanol–water partition coefficient (Wildman–Crippen LogP) is 3.76. The molecule has 0 bridgehead atoms. The maximum absolute atomic E-state index is 12.5. The topological polar surface area (TPSA) is 84.3 Å². The van der Waals surface area contributed by atoms with E-state index >= 15 is 0 Å². The molecule has 0 saturated heterocycles. The molecule has 2 aromatic carbocycles. The Bertz CT molecular complexity index is 757. The van der Waals surface area contributed by atoms with Crippen molar-refractivity contribution >= 4 is 23.0 Å². The van der Waals surface area contributed by atoms with Crippen LogP contribution < -0.4 is 10.6 Å². The minimum Gasteiger partial charge on any atom is -0.383 e. The highest BCUT2D eigenvalue weighted by Crippen LogP contribution is 2.26. The molecule has 6 heteroatoms. The van der Waals surface area contributed by atoms with Gasteiger partial charge in [0, 0.05) is 24.4 Å². The van der Waals surface area contributed by atoms with Gasteiger partial charge in [-0.3, -0.25) is 14.9 Å². The molecule has 120 valence electrons. The van der Waals surface area contributed by atoms with Gasteiger partial charge in [0.15, 0.2) is 0 Å². The summed E-state index contributed by atoms with van der Waals surface area (Å²) in [6.45, 7) is 3.93. The molecule has 0 saturated carbocycles. The van der Waals surface area contributed by atoms with Crippen LogP contribution in [-0.4, -0.2) is 17.9 Å². The van der Waals surface area contributed by atoms with Crippen molar-refractivity contribution < 1.29 is 9.72 Å². The van der Waals surface area contributed by atoms with Crippen molar-refractivity contribution in [2.45, 2.75) is 20.3 Å². The molecule has 2 rings (SSSR count). The van der Waals surface area contributed by atoms with Crippen LogP contribution in [0.25, 0.3) is 0 Å². The standard InChI is InChI=1S/C17H19N3O3/c1-4-12-7-5-6-11(2)16(12)19-17(21)13-8-9-14(18-3)15(10-13)20(22)23/h5-10,18H,4H2,1-3H3,(H,19,21). The molecule has 0 unspecified atom stereocenters. The highest BCUT2D eigenvalue weighted by molar-refractivity contribution is 6.05. The summed E-state index contributed by atoms with van der Waals surface area (Å²) >= 11 is 0. The van der Waals surface area contributed by atoms with Crippen molar-refractivity contribution in [3.8, 4) is 0 Å². The van der Waals surface area contributed by atoms with Crippen molar-refractivity contribution in [3.05, 3.63) is 63.2 Å². The summed E-state index contributed by atoms with van der Waals surface area (Å²) in [5.74, 6) is -0.361. The minimum atomic E-state index is -0.506. The van der Waals surface area contributed by atoms with E-state index in [1.54, 1.807) is 13.1 Å². The van der Waals surface area contributed by atoms with Gasteiger partial charge in [0.2, 0.25) is 0 Å². The van der Waals surface area contributed by atoms with E-state index in [2.05, 4.69) is 10.6 Å². The van der Waals surface area contributed by atoms with E-state index in [0.717, 1.165) is 23.2 Å². The zero-order valence-corrected chi connectivity index (χ0v) is 13.3. The van der Waals surface area contributed by atoms with Crippen LogP contribution >= 0.6 is 0 Å². The monoisotopic (exact) mass is 313 g/mol. The van der Waals surface area contributed by atoms with Gasteiger partial charge in [-0.25, -0.2) is 0 Å². The number of carbonyl (C=O) groups excluding carboxylic acids is 1. The van der Waals surface area contributed by atoms with Crippen molar-refractivity contribution in [1.29, 1.82) is 0 Å². The number of hydrogen-bond donors (Lipinski definition) is 2.